The van der Waals surface area contributed by atoms with Crippen molar-refractivity contribution in [2.45, 2.75) is 31.5 Å². The molecule has 0 aliphatic heterocycles. The number of carbonyl (C=O) groups is 1. The lowest BCUT2D eigenvalue weighted by molar-refractivity contribution is -0.119. The second-order valence-electron chi connectivity index (χ2n) is 5.23. The van der Waals surface area contributed by atoms with Crippen molar-refractivity contribution in [3.05, 3.63) is 41.5 Å². The van der Waals surface area contributed by atoms with E-state index in [1.165, 1.54) is 23.4 Å². The van der Waals surface area contributed by atoms with E-state index in [0.29, 0.717) is 16.8 Å². The Balaban J connectivity index is 1.93. The number of carbonyl (C=O) groups excluding carboxylic acids is 1. The van der Waals surface area contributed by atoms with Crippen LogP contribution >= 0.6 is 11.8 Å². The molecule has 0 aliphatic carbocycles. The van der Waals surface area contributed by atoms with Gasteiger partial charge in [0.15, 0.2) is 5.16 Å². The van der Waals surface area contributed by atoms with Gasteiger partial charge in [-0.1, -0.05) is 48.5 Å². The largest absolute Gasteiger partial charge is 0.383 e. The van der Waals surface area contributed by atoms with Crippen LogP contribution in [0.4, 0.5) is 11.6 Å². The number of hydrogen-bond acceptors (Lipinski definition) is 6. The van der Waals surface area contributed by atoms with E-state index < -0.39 is 0 Å². The zero-order chi connectivity index (χ0) is 16.8. The van der Waals surface area contributed by atoms with Gasteiger partial charge in [0.1, 0.15) is 11.6 Å². The highest BCUT2D eigenvalue weighted by atomic mass is 32.2. The van der Waals surface area contributed by atoms with Crippen LogP contribution in [-0.4, -0.2) is 21.6 Å². The maximum Gasteiger partial charge on any atom is 0.230 e. The monoisotopic (exact) mass is 331 g/mol. The smallest absolute Gasteiger partial charge is 0.230 e. The summed E-state index contributed by atoms with van der Waals surface area (Å²) in [6.07, 6.45) is 0.821. The van der Waals surface area contributed by atoms with Crippen LogP contribution in [-0.2, 0) is 4.79 Å². The Labute approximate surface area is 140 Å². The maximum atomic E-state index is 12.1. The van der Waals surface area contributed by atoms with Crippen LogP contribution in [0.15, 0.2) is 35.5 Å². The standard InChI is InChI=1S/C16H21N5OS/c1-3-12(11-6-4-10(2)5-7-11)19-15(22)9-23-16-20-13(17)8-14(18)21-16/h4-8,12H,3,9H2,1-2H3,(H,19,22)(H4,17,18,20,21)/t12-/m1/s1. The molecule has 0 saturated heterocycles. The molecule has 0 spiro atoms. The fourth-order valence-electron chi connectivity index (χ4n) is 2.11. The molecule has 1 amide bonds. The molecule has 1 aromatic carbocycles. The molecule has 2 rings (SSSR count). The van der Waals surface area contributed by atoms with Crippen molar-refractivity contribution in [2.75, 3.05) is 17.2 Å². The molecule has 5 N–H and O–H groups in total. The van der Waals surface area contributed by atoms with Crippen LogP contribution < -0.4 is 16.8 Å². The van der Waals surface area contributed by atoms with Gasteiger partial charge in [-0.2, -0.15) is 0 Å². The summed E-state index contributed by atoms with van der Waals surface area (Å²) in [6, 6.07) is 9.65. The number of aromatic nitrogens is 2. The molecule has 0 fully saturated rings. The van der Waals surface area contributed by atoms with Crippen LogP contribution in [0.1, 0.15) is 30.5 Å². The van der Waals surface area contributed by atoms with Crippen LogP contribution in [0.5, 0.6) is 0 Å². The number of aryl methyl sites for hydroxylation is 1. The number of thioether (sulfide) groups is 1. The summed E-state index contributed by atoms with van der Waals surface area (Å²) in [6.45, 7) is 4.08. The highest BCUT2D eigenvalue weighted by molar-refractivity contribution is 7.99. The molecular weight excluding hydrogens is 310 g/mol. The van der Waals surface area contributed by atoms with Crippen LogP contribution in [0.2, 0.25) is 0 Å². The second kappa shape index (κ2) is 7.82. The van der Waals surface area contributed by atoms with E-state index in [1.54, 1.807) is 0 Å². The molecule has 0 unspecified atom stereocenters. The van der Waals surface area contributed by atoms with E-state index in [-0.39, 0.29) is 17.7 Å². The number of nitrogens with one attached hydrogen (secondary N) is 1. The fourth-order valence-corrected chi connectivity index (χ4v) is 2.80. The van der Waals surface area contributed by atoms with Gasteiger partial charge in [-0.25, -0.2) is 9.97 Å². The van der Waals surface area contributed by atoms with Crippen LogP contribution in [0.25, 0.3) is 0 Å². The first-order valence-corrected chi connectivity index (χ1v) is 8.35. The van der Waals surface area contributed by atoms with Gasteiger partial charge in [-0.05, 0) is 18.9 Å². The SMILES string of the molecule is CC[C@@H](NC(=O)CSc1nc(N)cc(N)n1)c1ccc(C)cc1. The highest BCUT2D eigenvalue weighted by Gasteiger charge is 2.13. The molecule has 122 valence electrons. The first-order chi connectivity index (χ1) is 11.0. The Kier molecular flexibility index (Phi) is 5.81. The van der Waals surface area contributed by atoms with Gasteiger partial charge in [-0.3, -0.25) is 4.79 Å². The van der Waals surface area contributed by atoms with Crippen molar-refractivity contribution in [3.8, 4) is 0 Å². The average molecular weight is 331 g/mol. The summed E-state index contributed by atoms with van der Waals surface area (Å²) >= 11 is 1.21. The van der Waals surface area contributed by atoms with Gasteiger partial charge in [0, 0.05) is 6.07 Å². The van der Waals surface area contributed by atoms with Gasteiger partial charge in [0.2, 0.25) is 5.91 Å². The molecule has 23 heavy (non-hydrogen) atoms. The Morgan fingerprint density at radius 3 is 2.39 bits per heavy atom. The summed E-state index contributed by atoms with van der Waals surface area (Å²) in [5.41, 5.74) is 13.5. The lowest BCUT2D eigenvalue weighted by atomic mass is 10.0. The van der Waals surface area contributed by atoms with E-state index in [2.05, 4.69) is 15.3 Å². The lowest BCUT2D eigenvalue weighted by Crippen LogP contribution is -2.29. The minimum atomic E-state index is -0.0768. The zero-order valence-corrected chi connectivity index (χ0v) is 14.1. The molecule has 6 nitrogen and oxygen atoms in total. The van der Waals surface area contributed by atoms with Crippen LogP contribution in [0.3, 0.4) is 0 Å². The van der Waals surface area contributed by atoms with Crippen molar-refractivity contribution in [3.63, 3.8) is 0 Å². The first-order valence-electron chi connectivity index (χ1n) is 7.36. The molecular formula is C16H21N5OS. The number of anilines is 2. The van der Waals surface area contributed by atoms with Crippen molar-refractivity contribution in [2.24, 2.45) is 0 Å². The third kappa shape index (κ3) is 5.14. The predicted octanol–water partition coefficient (Wildman–Crippen LogP) is 2.31. The van der Waals surface area contributed by atoms with E-state index in [4.69, 9.17) is 11.5 Å². The van der Waals surface area contributed by atoms with Gasteiger partial charge in [-0.15, -0.1) is 0 Å². The summed E-state index contributed by atoms with van der Waals surface area (Å²) in [5, 5.41) is 3.43. The van der Waals surface area contributed by atoms with Crippen molar-refractivity contribution >= 4 is 29.3 Å². The number of nitrogen functional groups attached to an aromatic ring is 2. The molecule has 1 aromatic heterocycles. The van der Waals surface area contributed by atoms with Crippen molar-refractivity contribution < 1.29 is 4.79 Å². The maximum absolute atomic E-state index is 12.1. The molecule has 7 heteroatoms. The van der Waals surface area contributed by atoms with Gasteiger partial charge < -0.3 is 16.8 Å². The number of nitrogens with two attached hydrogens (primary N) is 2. The summed E-state index contributed by atoms with van der Waals surface area (Å²) in [4.78, 5) is 20.2. The molecule has 0 saturated carbocycles. The van der Waals surface area contributed by atoms with Crippen molar-refractivity contribution in [1.82, 2.24) is 15.3 Å². The summed E-state index contributed by atoms with van der Waals surface area (Å²) < 4.78 is 0. The summed E-state index contributed by atoms with van der Waals surface area (Å²) in [7, 11) is 0. The zero-order valence-electron chi connectivity index (χ0n) is 13.2. The van der Waals surface area contributed by atoms with Gasteiger partial charge >= 0.3 is 0 Å². The fraction of sp³-hybridized carbons (Fsp3) is 0.312. The third-order valence-electron chi connectivity index (χ3n) is 3.30. The first kappa shape index (κ1) is 17.1. The number of nitrogens with zero attached hydrogens (tertiary/aromatic N) is 2. The quantitative estimate of drug-likeness (QED) is 0.554. The molecule has 2 aromatic rings. The van der Waals surface area contributed by atoms with E-state index in [0.717, 1.165) is 12.0 Å². The lowest BCUT2D eigenvalue weighted by Gasteiger charge is -2.17. The average Bonchev–Trinajstić information content (AvgIpc) is 2.51. The Bertz CT molecular complexity index is 654. The minimum absolute atomic E-state index is 0.00414. The Hall–Kier alpha value is -2.28. The Morgan fingerprint density at radius 1 is 1.22 bits per heavy atom. The molecule has 1 heterocycles. The molecule has 0 aliphatic rings. The summed E-state index contributed by atoms with van der Waals surface area (Å²) in [5.74, 6) is 0.732. The van der Waals surface area contributed by atoms with Crippen LogP contribution in [0, 0.1) is 6.92 Å². The third-order valence-corrected chi connectivity index (χ3v) is 4.15. The Morgan fingerprint density at radius 2 is 1.83 bits per heavy atom. The van der Waals surface area contributed by atoms with Gasteiger partial charge in [0.05, 0.1) is 11.8 Å². The number of hydrogen-bond donors (Lipinski definition) is 3. The number of benzene rings is 1. The molecule has 0 bridgehead atoms. The topological polar surface area (TPSA) is 107 Å². The van der Waals surface area contributed by atoms with E-state index in [1.807, 2.05) is 38.1 Å². The van der Waals surface area contributed by atoms with Crippen molar-refractivity contribution in [1.29, 1.82) is 0 Å². The molecule has 0 radical (unpaired) electrons. The number of amides is 1. The number of rotatable bonds is 6. The molecule has 1 atom stereocenters. The van der Waals surface area contributed by atoms with Gasteiger partial charge in [0.25, 0.3) is 0 Å². The highest BCUT2D eigenvalue weighted by Crippen LogP contribution is 2.19. The predicted molar refractivity (Wildman–Crippen MR) is 93.9 cm³/mol. The second-order valence-corrected chi connectivity index (χ2v) is 6.17. The normalized spacial score (nSPS) is 11.9. The van der Waals surface area contributed by atoms with E-state index >= 15 is 0 Å². The van der Waals surface area contributed by atoms with E-state index in [9.17, 15) is 4.79 Å². The minimum Gasteiger partial charge on any atom is -0.383 e.